The Balaban J connectivity index is 2.08. The highest BCUT2D eigenvalue weighted by atomic mass is 35.6. The van der Waals surface area contributed by atoms with E-state index in [-0.39, 0.29) is 34.2 Å². The molecule has 218 valence electrons. The van der Waals surface area contributed by atoms with Crippen LogP contribution in [-0.4, -0.2) is 33.8 Å². The Kier molecular flexibility index (Phi) is 11.1. The molecule has 0 aliphatic rings. The van der Waals surface area contributed by atoms with Gasteiger partial charge in [-0.3, -0.25) is 4.79 Å². The molecule has 0 saturated carbocycles. The number of rotatable bonds is 9. The second kappa shape index (κ2) is 13.9. The zero-order valence-corrected chi connectivity index (χ0v) is 26.1. The van der Waals surface area contributed by atoms with Crippen molar-refractivity contribution in [2.45, 2.75) is 56.0 Å². The molecule has 1 atom stereocenters. The number of carbonyl (C=O) groups excluding carboxylic acids is 3. The summed E-state index contributed by atoms with van der Waals surface area (Å²) in [5.74, 6) is -1.84. The highest BCUT2D eigenvalue weighted by Gasteiger charge is 2.27. The van der Waals surface area contributed by atoms with Gasteiger partial charge < -0.3 is 14.8 Å². The fourth-order valence-corrected chi connectivity index (χ4v) is 4.44. The Morgan fingerprint density at radius 2 is 1.54 bits per heavy atom. The van der Waals surface area contributed by atoms with E-state index in [2.05, 4.69) is 5.32 Å². The van der Waals surface area contributed by atoms with Crippen LogP contribution in [0.1, 0.15) is 83.2 Å². The normalized spacial score (nSPS) is 12.4. The van der Waals surface area contributed by atoms with E-state index >= 15 is 0 Å². The number of benzene rings is 3. The number of amides is 1. The van der Waals surface area contributed by atoms with E-state index in [0.29, 0.717) is 10.6 Å². The zero-order chi connectivity index (χ0) is 30.4. The average Bonchev–Trinajstić information content (AvgIpc) is 2.90. The second-order valence-corrected chi connectivity index (χ2v) is 13.3. The van der Waals surface area contributed by atoms with Crippen molar-refractivity contribution in [3.63, 3.8) is 0 Å². The predicted octanol–water partition coefficient (Wildman–Crippen LogP) is 8.76. The number of nitrogens with one attached hydrogen (secondary N) is 1. The van der Waals surface area contributed by atoms with Gasteiger partial charge in [-0.05, 0) is 74.2 Å². The summed E-state index contributed by atoms with van der Waals surface area (Å²) in [4.78, 5) is 39.8. The minimum absolute atomic E-state index is 0.0667. The van der Waals surface area contributed by atoms with Crippen LogP contribution in [0.4, 0.5) is 0 Å². The molecule has 0 aliphatic carbocycles. The van der Waals surface area contributed by atoms with Crippen LogP contribution in [0.2, 0.25) is 5.02 Å². The summed E-state index contributed by atoms with van der Waals surface area (Å²) in [6, 6.07) is 18.5. The maximum atomic E-state index is 13.4. The first-order valence-electron chi connectivity index (χ1n) is 13.0. The molecule has 0 radical (unpaired) electrons. The number of hydrogen-bond acceptors (Lipinski definition) is 5. The molecule has 0 aromatic heterocycles. The summed E-state index contributed by atoms with van der Waals surface area (Å²) >= 11 is 23.5. The molecule has 0 fully saturated rings. The van der Waals surface area contributed by atoms with Gasteiger partial charge in [0.05, 0.1) is 17.2 Å². The van der Waals surface area contributed by atoms with E-state index in [1.165, 1.54) is 24.3 Å². The maximum absolute atomic E-state index is 13.4. The fourth-order valence-electron chi connectivity index (χ4n) is 4.10. The van der Waals surface area contributed by atoms with Crippen molar-refractivity contribution in [3.8, 4) is 11.1 Å². The van der Waals surface area contributed by atoms with Gasteiger partial charge in [0.25, 0.3) is 5.91 Å². The lowest BCUT2D eigenvalue weighted by molar-refractivity contribution is 0.00700. The number of hydrogen-bond donors (Lipinski definition) is 1. The minimum Gasteiger partial charge on any atom is -0.458 e. The lowest BCUT2D eigenvalue weighted by Crippen LogP contribution is -2.29. The molecule has 0 aliphatic heterocycles. The van der Waals surface area contributed by atoms with Crippen molar-refractivity contribution >= 4 is 64.2 Å². The van der Waals surface area contributed by atoms with Crippen LogP contribution < -0.4 is 5.32 Å². The first-order chi connectivity index (χ1) is 19.2. The molecule has 0 heterocycles. The minimum atomic E-state index is -1.81. The molecule has 0 bridgehead atoms. The van der Waals surface area contributed by atoms with Gasteiger partial charge in [0.1, 0.15) is 12.2 Å². The van der Waals surface area contributed by atoms with Crippen LogP contribution in [0, 0.1) is 0 Å². The van der Waals surface area contributed by atoms with Gasteiger partial charge in [-0.2, -0.15) is 0 Å². The summed E-state index contributed by atoms with van der Waals surface area (Å²) in [6.45, 7) is 6.75. The van der Waals surface area contributed by atoms with E-state index in [0.717, 1.165) is 18.4 Å². The summed E-state index contributed by atoms with van der Waals surface area (Å²) in [6.07, 6.45) is 1.59. The SMILES string of the molecule is CCC[C@@H](NC(=O)c1ccc(-c2cc(Cl)ccc2C(=O)OCC(Cl)(Cl)Cl)c(C(=O)OC(C)(C)C)c1)c1ccccc1. The summed E-state index contributed by atoms with van der Waals surface area (Å²) < 4.78 is 9.04. The Bertz CT molecular complexity index is 1400. The average molecular weight is 639 g/mol. The number of carbonyl (C=O) groups is 3. The van der Waals surface area contributed by atoms with Gasteiger partial charge >= 0.3 is 11.9 Å². The van der Waals surface area contributed by atoms with Crippen molar-refractivity contribution in [1.29, 1.82) is 0 Å². The fraction of sp³-hybridized carbons (Fsp3) is 0.323. The van der Waals surface area contributed by atoms with Crippen molar-refractivity contribution < 1.29 is 23.9 Å². The van der Waals surface area contributed by atoms with Gasteiger partial charge in [-0.1, -0.05) is 96.1 Å². The zero-order valence-electron chi connectivity index (χ0n) is 23.1. The molecule has 0 saturated heterocycles. The van der Waals surface area contributed by atoms with E-state index in [4.69, 9.17) is 55.9 Å². The van der Waals surface area contributed by atoms with Gasteiger partial charge in [0.2, 0.25) is 3.79 Å². The highest BCUT2D eigenvalue weighted by Crippen LogP contribution is 2.34. The van der Waals surface area contributed by atoms with Gasteiger partial charge in [0, 0.05) is 10.6 Å². The van der Waals surface area contributed by atoms with Crippen LogP contribution in [0.3, 0.4) is 0 Å². The topological polar surface area (TPSA) is 81.7 Å². The predicted molar refractivity (Wildman–Crippen MR) is 164 cm³/mol. The number of alkyl halides is 3. The lowest BCUT2D eigenvalue weighted by atomic mass is 9.93. The van der Waals surface area contributed by atoms with Crippen LogP contribution >= 0.6 is 46.4 Å². The Morgan fingerprint density at radius 3 is 2.15 bits per heavy atom. The van der Waals surface area contributed by atoms with E-state index < -0.39 is 27.9 Å². The molecule has 3 aromatic carbocycles. The number of ether oxygens (including phenoxy) is 2. The number of halogens is 4. The van der Waals surface area contributed by atoms with Crippen LogP contribution in [0.5, 0.6) is 0 Å². The third-order valence-electron chi connectivity index (χ3n) is 5.84. The molecular weight excluding hydrogens is 608 g/mol. The molecule has 1 N–H and O–H groups in total. The molecule has 1 amide bonds. The lowest BCUT2D eigenvalue weighted by Gasteiger charge is -2.22. The smallest absolute Gasteiger partial charge is 0.339 e. The van der Waals surface area contributed by atoms with Crippen molar-refractivity contribution in [2.24, 2.45) is 0 Å². The molecule has 3 rings (SSSR count). The molecular formula is C31H31Cl4NO5. The third kappa shape index (κ3) is 9.64. The van der Waals surface area contributed by atoms with Crippen molar-refractivity contribution in [3.05, 3.63) is 94.0 Å². The van der Waals surface area contributed by atoms with Crippen LogP contribution in [0.15, 0.2) is 66.7 Å². The first-order valence-corrected chi connectivity index (χ1v) is 14.5. The van der Waals surface area contributed by atoms with Crippen molar-refractivity contribution in [2.75, 3.05) is 6.61 Å². The molecule has 41 heavy (non-hydrogen) atoms. The summed E-state index contributed by atoms with van der Waals surface area (Å²) in [5, 5.41) is 3.38. The molecule has 10 heteroatoms. The Morgan fingerprint density at radius 1 is 0.854 bits per heavy atom. The monoisotopic (exact) mass is 637 g/mol. The first kappa shape index (κ1) is 32.7. The maximum Gasteiger partial charge on any atom is 0.339 e. The summed E-state index contributed by atoms with van der Waals surface area (Å²) in [7, 11) is 0. The largest absolute Gasteiger partial charge is 0.458 e. The molecule has 0 unspecified atom stereocenters. The molecule has 0 spiro atoms. The quantitative estimate of drug-likeness (QED) is 0.187. The van der Waals surface area contributed by atoms with E-state index in [1.54, 1.807) is 32.9 Å². The Hall–Kier alpha value is -2.77. The van der Waals surface area contributed by atoms with Gasteiger partial charge in [-0.15, -0.1) is 0 Å². The van der Waals surface area contributed by atoms with Gasteiger partial charge in [0.15, 0.2) is 0 Å². The Labute approximate surface area is 260 Å². The number of esters is 2. The highest BCUT2D eigenvalue weighted by molar-refractivity contribution is 6.67. The van der Waals surface area contributed by atoms with Crippen molar-refractivity contribution in [1.82, 2.24) is 5.32 Å². The van der Waals surface area contributed by atoms with E-state index in [1.807, 2.05) is 37.3 Å². The third-order valence-corrected chi connectivity index (χ3v) is 6.41. The van der Waals surface area contributed by atoms with Gasteiger partial charge in [-0.25, -0.2) is 9.59 Å². The summed E-state index contributed by atoms with van der Waals surface area (Å²) in [5.41, 5.74) is 1.14. The standard InChI is InChI=1S/C31H31Cl4NO5/c1-5-9-26(19-10-7-6-8-11-19)36-27(37)20-12-14-22(25(16-20)29(39)41-30(2,3)4)24-17-21(32)13-15-23(24)28(38)40-18-31(33,34)35/h6-8,10-17,26H,5,9,18H2,1-4H3,(H,36,37)/t26-/m1/s1. The molecule has 3 aromatic rings. The molecule has 6 nitrogen and oxygen atoms in total. The van der Waals surface area contributed by atoms with E-state index in [9.17, 15) is 14.4 Å². The van der Waals surface area contributed by atoms with Crippen LogP contribution in [0.25, 0.3) is 11.1 Å². The second-order valence-electron chi connectivity index (χ2n) is 10.4. The van der Waals surface area contributed by atoms with Crippen LogP contribution in [-0.2, 0) is 9.47 Å².